The summed E-state index contributed by atoms with van der Waals surface area (Å²) in [6.45, 7) is 2.01. The van der Waals surface area contributed by atoms with Crippen molar-refractivity contribution in [3.8, 4) is 5.75 Å². The van der Waals surface area contributed by atoms with Crippen molar-refractivity contribution in [3.05, 3.63) is 42.0 Å². The second-order valence-electron chi connectivity index (χ2n) is 5.24. The normalized spacial score (nSPS) is 22.1. The largest absolute Gasteiger partial charge is 0.496 e. The summed E-state index contributed by atoms with van der Waals surface area (Å²) in [5.74, 6) is 0.867. The molecule has 2 aromatic rings. The number of Topliss-reactive ketones (excluding diaryl/α,β-unsaturated/α-hetero) is 1. The average molecular weight is 270 g/mol. The number of carbonyl (C=O) groups excluding carboxylic acids is 1. The number of hydrogen-bond acceptors (Lipinski definition) is 3. The van der Waals surface area contributed by atoms with E-state index in [-0.39, 0.29) is 18.0 Å². The number of hydrogen-bond donors (Lipinski definition) is 0. The third-order valence-electron chi connectivity index (χ3n) is 3.89. The number of carbonyl (C=O) groups is 1. The second-order valence-corrected chi connectivity index (χ2v) is 5.24. The Morgan fingerprint density at radius 2 is 1.90 bits per heavy atom. The highest BCUT2D eigenvalue weighted by Crippen LogP contribution is 2.31. The molecule has 0 saturated carbocycles. The van der Waals surface area contributed by atoms with E-state index in [1.807, 2.05) is 43.3 Å². The van der Waals surface area contributed by atoms with E-state index in [2.05, 4.69) is 0 Å². The molecule has 20 heavy (non-hydrogen) atoms. The lowest BCUT2D eigenvalue weighted by Gasteiger charge is -2.13. The second kappa shape index (κ2) is 5.25. The monoisotopic (exact) mass is 270 g/mol. The Balaban J connectivity index is 2.06. The first-order chi connectivity index (χ1) is 9.70. The van der Waals surface area contributed by atoms with Crippen molar-refractivity contribution in [3.63, 3.8) is 0 Å². The molecule has 1 aliphatic rings. The molecule has 0 bridgehead atoms. The Kier molecular flexibility index (Phi) is 3.45. The van der Waals surface area contributed by atoms with Crippen LogP contribution in [0.4, 0.5) is 0 Å². The highest BCUT2D eigenvalue weighted by atomic mass is 16.5. The van der Waals surface area contributed by atoms with Crippen LogP contribution in [0.15, 0.2) is 36.4 Å². The summed E-state index contributed by atoms with van der Waals surface area (Å²) in [4.78, 5) is 12.6. The van der Waals surface area contributed by atoms with E-state index in [0.29, 0.717) is 0 Å². The van der Waals surface area contributed by atoms with Crippen LogP contribution in [0.25, 0.3) is 10.8 Å². The van der Waals surface area contributed by atoms with Gasteiger partial charge in [0.1, 0.15) is 11.9 Å². The van der Waals surface area contributed by atoms with Gasteiger partial charge in [0.2, 0.25) is 0 Å². The third kappa shape index (κ3) is 2.18. The van der Waals surface area contributed by atoms with Gasteiger partial charge < -0.3 is 9.47 Å². The fraction of sp³-hybridized carbons (Fsp3) is 0.353. The topological polar surface area (TPSA) is 35.5 Å². The molecule has 2 unspecified atom stereocenters. The van der Waals surface area contributed by atoms with Gasteiger partial charge >= 0.3 is 0 Å². The predicted octanol–water partition coefficient (Wildman–Crippen LogP) is 3.60. The number of ether oxygens (including phenoxy) is 2. The minimum atomic E-state index is -0.304. The maximum atomic E-state index is 12.6. The molecule has 1 heterocycles. The summed E-state index contributed by atoms with van der Waals surface area (Å²) in [6.07, 6.45) is 1.63. The Bertz CT molecular complexity index is 648. The molecule has 0 amide bonds. The first kappa shape index (κ1) is 13.1. The molecule has 1 saturated heterocycles. The molecule has 3 nitrogen and oxygen atoms in total. The SMILES string of the molecule is COc1ccc(C(=O)C2CCC(C)O2)c2ccccc12. The quantitative estimate of drug-likeness (QED) is 0.799. The summed E-state index contributed by atoms with van der Waals surface area (Å²) >= 11 is 0. The van der Waals surface area contributed by atoms with Crippen LogP contribution in [0.3, 0.4) is 0 Å². The van der Waals surface area contributed by atoms with Crippen molar-refractivity contribution in [1.29, 1.82) is 0 Å². The molecule has 0 N–H and O–H groups in total. The summed E-state index contributed by atoms with van der Waals surface area (Å²) < 4.78 is 11.1. The maximum absolute atomic E-state index is 12.6. The van der Waals surface area contributed by atoms with Crippen LogP contribution in [0.1, 0.15) is 30.1 Å². The zero-order chi connectivity index (χ0) is 14.1. The predicted molar refractivity (Wildman–Crippen MR) is 78.4 cm³/mol. The van der Waals surface area contributed by atoms with Crippen LogP contribution in [0.5, 0.6) is 5.75 Å². The highest BCUT2D eigenvalue weighted by Gasteiger charge is 2.29. The number of rotatable bonds is 3. The van der Waals surface area contributed by atoms with Gasteiger partial charge in [-0.3, -0.25) is 4.79 Å². The Morgan fingerprint density at radius 1 is 1.15 bits per heavy atom. The molecule has 104 valence electrons. The zero-order valence-electron chi connectivity index (χ0n) is 11.8. The summed E-state index contributed by atoms with van der Waals surface area (Å²) in [6, 6.07) is 11.5. The number of methoxy groups -OCH3 is 1. The molecule has 3 heteroatoms. The number of fused-ring (bicyclic) bond motifs is 1. The molecular formula is C17H18O3. The van der Waals surface area contributed by atoms with E-state index in [1.54, 1.807) is 7.11 Å². The summed E-state index contributed by atoms with van der Waals surface area (Å²) in [5, 5.41) is 1.90. The van der Waals surface area contributed by atoms with Gasteiger partial charge in [0.25, 0.3) is 0 Å². The van der Waals surface area contributed by atoms with Crippen molar-refractivity contribution in [2.75, 3.05) is 7.11 Å². The molecule has 0 radical (unpaired) electrons. The zero-order valence-corrected chi connectivity index (χ0v) is 11.8. The van der Waals surface area contributed by atoms with E-state index >= 15 is 0 Å². The van der Waals surface area contributed by atoms with Crippen LogP contribution in [0.2, 0.25) is 0 Å². The highest BCUT2D eigenvalue weighted by molar-refractivity contribution is 6.11. The minimum Gasteiger partial charge on any atom is -0.496 e. The Morgan fingerprint density at radius 3 is 2.55 bits per heavy atom. The van der Waals surface area contributed by atoms with Crippen LogP contribution >= 0.6 is 0 Å². The van der Waals surface area contributed by atoms with Gasteiger partial charge in [0, 0.05) is 10.9 Å². The first-order valence-corrected chi connectivity index (χ1v) is 6.96. The van der Waals surface area contributed by atoms with Crippen molar-refractivity contribution in [2.24, 2.45) is 0 Å². The number of ketones is 1. The minimum absolute atomic E-state index is 0.0770. The fourth-order valence-corrected chi connectivity index (χ4v) is 2.83. The van der Waals surface area contributed by atoms with E-state index in [9.17, 15) is 4.79 Å². The summed E-state index contributed by atoms with van der Waals surface area (Å²) in [5.41, 5.74) is 0.723. The van der Waals surface area contributed by atoms with Crippen molar-refractivity contribution < 1.29 is 14.3 Å². The van der Waals surface area contributed by atoms with Gasteiger partial charge in [-0.2, -0.15) is 0 Å². The summed E-state index contributed by atoms with van der Waals surface area (Å²) in [7, 11) is 1.64. The molecule has 2 atom stereocenters. The number of benzene rings is 2. The molecule has 2 aromatic carbocycles. The van der Waals surface area contributed by atoms with Gasteiger partial charge in [0.15, 0.2) is 5.78 Å². The lowest BCUT2D eigenvalue weighted by Crippen LogP contribution is -2.21. The van der Waals surface area contributed by atoms with Crippen LogP contribution in [-0.2, 0) is 4.74 Å². The molecule has 0 spiro atoms. The Labute approximate surface area is 118 Å². The van der Waals surface area contributed by atoms with E-state index in [0.717, 1.165) is 34.9 Å². The lowest BCUT2D eigenvalue weighted by atomic mass is 9.97. The van der Waals surface area contributed by atoms with E-state index in [1.165, 1.54) is 0 Å². The van der Waals surface area contributed by atoms with Gasteiger partial charge in [0.05, 0.1) is 13.2 Å². The van der Waals surface area contributed by atoms with Gasteiger partial charge in [-0.1, -0.05) is 24.3 Å². The molecule has 0 aromatic heterocycles. The standard InChI is InChI=1S/C17H18O3/c1-11-7-9-16(20-11)17(18)14-8-10-15(19-2)13-6-4-3-5-12(13)14/h3-6,8,10-11,16H,7,9H2,1-2H3. The molecule has 1 fully saturated rings. The van der Waals surface area contributed by atoms with Gasteiger partial charge in [-0.25, -0.2) is 0 Å². The van der Waals surface area contributed by atoms with Gasteiger partial charge in [-0.05, 0) is 37.3 Å². The van der Waals surface area contributed by atoms with Crippen LogP contribution in [-0.4, -0.2) is 25.1 Å². The Hall–Kier alpha value is -1.87. The average Bonchev–Trinajstić information content (AvgIpc) is 2.92. The fourth-order valence-electron chi connectivity index (χ4n) is 2.83. The van der Waals surface area contributed by atoms with Crippen LogP contribution < -0.4 is 4.74 Å². The molecule has 0 aliphatic carbocycles. The van der Waals surface area contributed by atoms with Crippen molar-refractivity contribution in [2.45, 2.75) is 32.0 Å². The first-order valence-electron chi connectivity index (χ1n) is 6.96. The lowest BCUT2D eigenvalue weighted by molar-refractivity contribution is 0.0435. The smallest absolute Gasteiger partial charge is 0.192 e. The van der Waals surface area contributed by atoms with Crippen molar-refractivity contribution in [1.82, 2.24) is 0 Å². The van der Waals surface area contributed by atoms with Crippen molar-refractivity contribution >= 4 is 16.6 Å². The van der Waals surface area contributed by atoms with Gasteiger partial charge in [-0.15, -0.1) is 0 Å². The molecule has 3 rings (SSSR count). The molecular weight excluding hydrogens is 252 g/mol. The maximum Gasteiger partial charge on any atom is 0.192 e. The van der Waals surface area contributed by atoms with Crippen LogP contribution in [0, 0.1) is 0 Å². The molecule has 1 aliphatic heterocycles. The third-order valence-corrected chi connectivity index (χ3v) is 3.89. The van der Waals surface area contributed by atoms with E-state index < -0.39 is 0 Å². The van der Waals surface area contributed by atoms with E-state index in [4.69, 9.17) is 9.47 Å².